The normalized spacial score (nSPS) is 21.2. The van der Waals surface area contributed by atoms with Crippen LogP contribution in [0.5, 0.6) is 0 Å². The summed E-state index contributed by atoms with van der Waals surface area (Å²) in [6.07, 6.45) is 4.79. The number of nitrogens with zero attached hydrogens (tertiary/aromatic N) is 3. The van der Waals surface area contributed by atoms with E-state index in [9.17, 15) is 9.18 Å². The highest BCUT2D eigenvalue weighted by molar-refractivity contribution is 5.84. The molecule has 2 atom stereocenters. The van der Waals surface area contributed by atoms with E-state index in [1.807, 2.05) is 31.6 Å². The van der Waals surface area contributed by atoms with Gasteiger partial charge in [-0.1, -0.05) is 0 Å². The molecule has 2 heterocycles. The summed E-state index contributed by atoms with van der Waals surface area (Å²) in [4.78, 5) is 14.8. The summed E-state index contributed by atoms with van der Waals surface area (Å²) < 4.78 is 20.6. The topological polar surface area (TPSA) is 59.4 Å². The monoisotopic (exact) mass is 436 g/mol. The van der Waals surface area contributed by atoms with Gasteiger partial charge in [-0.25, -0.2) is 13.9 Å². The van der Waals surface area contributed by atoms with E-state index in [1.54, 1.807) is 12.1 Å². The molecule has 32 heavy (non-hydrogen) atoms. The second-order valence-electron chi connectivity index (χ2n) is 9.84. The van der Waals surface area contributed by atoms with Crippen LogP contribution in [-0.4, -0.2) is 40.1 Å². The molecule has 1 amide bonds. The molecule has 2 aliphatic rings. The first kappa shape index (κ1) is 20.8. The minimum absolute atomic E-state index is 0.0787. The SMILES string of the molecule is CC(C)(C)OC(=O)N[C@H]1CCN(c2ccc3c(cnn3-c3ccc(F)cc3)c2)C1C1CC1. The van der Waals surface area contributed by atoms with Crippen LogP contribution < -0.4 is 10.2 Å². The maximum Gasteiger partial charge on any atom is 0.407 e. The first-order valence-corrected chi connectivity index (χ1v) is 11.3. The molecule has 1 unspecified atom stereocenters. The summed E-state index contributed by atoms with van der Waals surface area (Å²) in [6.45, 7) is 6.53. The van der Waals surface area contributed by atoms with Gasteiger partial charge in [-0.3, -0.25) is 0 Å². The lowest BCUT2D eigenvalue weighted by Gasteiger charge is -2.31. The predicted molar refractivity (Wildman–Crippen MR) is 123 cm³/mol. The largest absolute Gasteiger partial charge is 0.444 e. The molecule has 1 aliphatic heterocycles. The third-order valence-electron chi connectivity index (χ3n) is 6.21. The Balaban J connectivity index is 1.38. The Labute approximate surface area is 187 Å². The van der Waals surface area contributed by atoms with Crippen LogP contribution in [0.1, 0.15) is 40.0 Å². The highest BCUT2D eigenvalue weighted by Crippen LogP contribution is 2.42. The van der Waals surface area contributed by atoms with Crippen LogP contribution in [0.3, 0.4) is 0 Å². The van der Waals surface area contributed by atoms with Crippen molar-refractivity contribution < 1.29 is 13.9 Å². The molecule has 2 fully saturated rings. The number of hydrogen-bond acceptors (Lipinski definition) is 4. The average molecular weight is 437 g/mol. The molecule has 168 valence electrons. The first-order valence-electron chi connectivity index (χ1n) is 11.3. The standard InChI is InChI=1S/C25H29FN4O2/c1-25(2,3)32-24(31)28-21-12-13-29(23(21)16-4-5-16)20-10-11-22-17(14-20)15-27-30(22)19-8-6-18(26)7-9-19/h6-11,14-16,21,23H,4-5,12-13H2,1-3H3,(H,28,31)/t21-,23?/m0/s1. The van der Waals surface area contributed by atoms with Gasteiger partial charge in [0.1, 0.15) is 11.4 Å². The molecule has 6 nitrogen and oxygen atoms in total. The van der Waals surface area contributed by atoms with Crippen molar-refractivity contribution in [3.8, 4) is 5.69 Å². The molecule has 1 aliphatic carbocycles. The number of halogens is 1. The average Bonchev–Trinajstić information content (AvgIpc) is 3.34. The van der Waals surface area contributed by atoms with Gasteiger partial charge in [0.2, 0.25) is 0 Å². The third kappa shape index (κ3) is 4.16. The van der Waals surface area contributed by atoms with Crippen molar-refractivity contribution in [2.24, 2.45) is 5.92 Å². The Bertz CT molecular complexity index is 1130. The Morgan fingerprint density at radius 2 is 1.81 bits per heavy atom. The Kier molecular flexibility index (Phi) is 5.07. The lowest BCUT2D eigenvalue weighted by Crippen LogP contribution is -2.47. The van der Waals surface area contributed by atoms with Gasteiger partial charge in [0.15, 0.2) is 0 Å². The van der Waals surface area contributed by atoms with Crippen LogP contribution in [0.15, 0.2) is 48.7 Å². The van der Waals surface area contributed by atoms with Gasteiger partial charge in [-0.05, 0) is 88.4 Å². The van der Waals surface area contributed by atoms with Crippen LogP contribution in [-0.2, 0) is 4.74 Å². The summed E-state index contributed by atoms with van der Waals surface area (Å²) in [6, 6.07) is 13.0. The lowest BCUT2D eigenvalue weighted by molar-refractivity contribution is 0.0500. The van der Waals surface area contributed by atoms with Crippen molar-refractivity contribution in [2.45, 2.75) is 57.7 Å². The third-order valence-corrected chi connectivity index (χ3v) is 6.21. The molecule has 0 bridgehead atoms. The fraction of sp³-hybridized carbons (Fsp3) is 0.440. The van der Waals surface area contributed by atoms with Crippen molar-refractivity contribution in [1.29, 1.82) is 0 Å². The number of nitrogens with one attached hydrogen (secondary N) is 1. The second-order valence-corrected chi connectivity index (χ2v) is 9.84. The number of carbonyl (C=O) groups is 1. The van der Waals surface area contributed by atoms with Crippen LogP contribution in [0, 0.1) is 11.7 Å². The quantitative estimate of drug-likeness (QED) is 0.622. The Morgan fingerprint density at radius 1 is 1.09 bits per heavy atom. The van der Waals surface area contributed by atoms with Gasteiger partial charge in [0.05, 0.1) is 29.5 Å². The van der Waals surface area contributed by atoms with E-state index in [1.165, 1.54) is 25.0 Å². The zero-order chi connectivity index (χ0) is 22.5. The van der Waals surface area contributed by atoms with E-state index in [2.05, 4.69) is 33.5 Å². The number of fused-ring (bicyclic) bond motifs is 1. The van der Waals surface area contributed by atoms with E-state index in [-0.39, 0.29) is 24.0 Å². The zero-order valence-corrected chi connectivity index (χ0v) is 18.7. The first-order chi connectivity index (χ1) is 15.3. The molecular weight excluding hydrogens is 407 g/mol. The number of anilines is 1. The Hall–Kier alpha value is -3.09. The van der Waals surface area contributed by atoms with Crippen molar-refractivity contribution in [1.82, 2.24) is 15.1 Å². The van der Waals surface area contributed by atoms with Gasteiger partial charge >= 0.3 is 6.09 Å². The van der Waals surface area contributed by atoms with E-state index >= 15 is 0 Å². The van der Waals surface area contributed by atoms with Gasteiger partial charge in [-0.15, -0.1) is 0 Å². The summed E-state index contributed by atoms with van der Waals surface area (Å²) in [7, 11) is 0. The Morgan fingerprint density at radius 3 is 2.50 bits per heavy atom. The predicted octanol–water partition coefficient (Wildman–Crippen LogP) is 5.05. The maximum atomic E-state index is 13.3. The molecule has 1 N–H and O–H groups in total. The highest BCUT2D eigenvalue weighted by Gasteiger charge is 2.45. The van der Waals surface area contributed by atoms with Crippen molar-refractivity contribution in [3.05, 3.63) is 54.5 Å². The van der Waals surface area contributed by atoms with Crippen LogP contribution >= 0.6 is 0 Å². The van der Waals surface area contributed by atoms with Gasteiger partial charge in [-0.2, -0.15) is 5.10 Å². The van der Waals surface area contributed by atoms with Crippen molar-refractivity contribution in [2.75, 3.05) is 11.4 Å². The molecule has 5 rings (SSSR count). The summed E-state index contributed by atoms with van der Waals surface area (Å²) in [5.74, 6) is 0.331. The number of hydrogen-bond donors (Lipinski definition) is 1. The number of aromatic nitrogens is 2. The smallest absolute Gasteiger partial charge is 0.407 e. The van der Waals surface area contributed by atoms with E-state index in [0.29, 0.717) is 5.92 Å². The number of benzene rings is 2. The lowest BCUT2D eigenvalue weighted by atomic mass is 10.0. The molecule has 7 heteroatoms. The van der Waals surface area contributed by atoms with Crippen molar-refractivity contribution in [3.63, 3.8) is 0 Å². The van der Waals surface area contributed by atoms with Crippen LogP contribution in [0.2, 0.25) is 0 Å². The van der Waals surface area contributed by atoms with Crippen molar-refractivity contribution >= 4 is 22.7 Å². The second kappa shape index (κ2) is 7.80. The van der Waals surface area contributed by atoms with E-state index in [4.69, 9.17) is 4.74 Å². The number of ether oxygens (including phenoxy) is 1. The fourth-order valence-corrected chi connectivity index (χ4v) is 4.74. The summed E-state index contributed by atoms with van der Waals surface area (Å²) >= 11 is 0. The van der Waals surface area contributed by atoms with Gasteiger partial charge in [0.25, 0.3) is 0 Å². The fourth-order valence-electron chi connectivity index (χ4n) is 4.74. The number of amides is 1. The number of alkyl carbamates (subject to hydrolysis) is 1. The molecule has 1 saturated heterocycles. The van der Waals surface area contributed by atoms with E-state index < -0.39 is 5.60 Å². The molecular formula is C25H29FN4O2. The minimum Gasteiger partial charge on any atom is -0.444 e. The maximum absolute atomic E-state index is 13.3. The molecule has 2 aromatic carbocycles. The van der Waals surface area contributed by atoms with Gasteiger partial charge in [0, 0.05) is 17.6 Å². The molecule has 0 radical (unpaired) electrons. The summed E-state index contributed by atoms with van der Waals surface area (Å²) in [5.41, 5.74) is 2.44. The van der Waals surface area contributed by atoms with Gasteiger partial charge < -0.3 is 15.0 Å². The molecule has 1 saturated carbocycles. The zero-order valence-electron chi connectivity index (χ0n) is 18.7. The molecule has 0 spiro atoms. The minimum atomic E-state index is -0.507. The van der Waals surface area contributed by atoms with Crippen LogP contribution in [0.4, 0.5) is 14.9 Å². The highest BCUT2D eigenvalue weighted by atomic mass is 19.1. The van der Waals surface area contributed by atoms with E-state index in [0.717, 1.165) is 35.2 Å². The van der Waals surface area contributed by atoms with Crippen LogP contribution in [0.25, 0.3) is 16.6 Å². The molecule has 3 aromatic rings. The number of rotatable bonds is 4. The number of carbonyl (C=O) groups excluding carboxylic acids is 1. The summed E-state index contributed by atoms with van der Waals surface area (Å²) in [5, 5.41) is 8.68. The molecule has 1 aromatic heterocycles.